The SMILES string of the molecule is Cc1ccc2c(c1)C1=NOC(CN3CCN(CC=Cc4ccccc4)CC3)C1CO2. The summed E-state index contributed by atoms with van der Waals surface area (Å²) in [5.41, 5.74) is 4.65. The van der Waals surface area contributed by atoms with Crippen LogP contribution in [0.2, 0.25) is 0 Å². The smallest absolute Gasteiger partial charge is 0.151 e. The number of fused-ring (bicyclic) bond motifs is 3. The summed E-state index contributed by atoms with van der Waals surface area (Å²) in [4.78, 5) is 10.9. The predicted octanol–water partition coefficient (Wildman–Crippen LogP) is 3.44. The molecule has 0 N–H and O–H groups in total. The van der Waals surface area contributed by atoms with Crippen LogP contribution in [0.25, 0.3) is 6.08 Å². The van der Waals surface area contributed by atoms with Crippen molar-refractivity contribution in [3.8, 4) is 5.75 Å². The first-order chi connectivity index (χ1) is 14.8. The molecule has 0 aliphatic carbocycles. The Kier molecular flexibility index (Phi) is 5.56. The first-order valence-corrected chi connectivity index (χ1v) is 10.9. The summed E-state index contributed by atoms with van der Waals surface area (Å²) in [5.74, 6) is 1.16. The Morgan fingerprint density at radius 3 is 2.67 bits per heavy atom. The van der Waals surface area contributed by atoms with Crippen molar-refractivity contribution < 1.29 is 9.57 Å². The standard InChI is InChI=1S/C25H29N3O2/c1-19-9-10-23-21(16-19)25-22(18-29-23)24(30-26-25)17-28-14-12-27(13-15-28)11-5-8-20-6-3-2-4-7-20/h2-10,16,22,24H,11-15,17-18H2,1H3. The van der Waals surface area contributed by atoms with Gasteiger partial charge in [0.05, 0.1) is 5.92 Å². The van der Waals surface area contributed by atoms with E-state index in [1.165, 1.54) is 11.1 Å². The van der Waals surface area contributed by atoms with Crippen molar-refractivity contribution >= 4 is 11.8 Å². The molecule has 0 radical (unpaired) electrons. The molecule has 0 saturated carbocycles. The number of aryl methyl sites for hydroxylation is 1. The number of nitrogens with zero attached hydrogens (tertiary/aromatic N) is 3. The molecule has 2 aromatic carbocycles. The minimum atomic E-state index is 0.0817. The molecule has 1 fully saturated rings. The minimum absolute atomic E-state index is 0.0817. The van der Waals surface area contributed by atoms with Gasteiger partial charge in [-0.2, -0.15) is 0 Å². The largest absolute Gasteiger partial charge is 0.492 e. The Hall–Kier alpha value is -2.63. The lowest BCUT2D eigenvalue weighted by Crippen LogP contribution is -2.50. The van der Waals surface area contributed by atoms with E-state index in [4.69, 9.17) is 9.57 Å². The van der Waals surface area contributed by atoms with E-state index >= 15 is 0 Å². The molecule has 2 atom stereocenters. The molecule has 5 heteroatoms. The van der Waals surface area contributed by atoms with E-state index in [0.717, 1.165) is 56.3 Å². The van der Waals surface area contributed by atoms with Crippen LogP contribution in [-0.4, -0.2) is 67.5 Å². The van der Waals surface area contributed by atoms with Gasteiger partial charge in [0.1, 0.15) is 18.1 Å². The van der Waals surface area contributed by atoms with Gasteiger partial charge in [-0.15, -0.1) is 0 Å². The van der Waals surface area contributed by atoms with E-state index in [2.05, 4.69) is 76.5 Å². The van der Waals surface area contributed by atoms with Crippen molar-refractivity contribution in [3.05, 3.63) is 71.3 Å². The average Bonchev–Trinajstić information content (AvgIpc) is 3.19. The van der Waals surface area contributed by atoms with E-state index in [1.807, 2.05) is 6.07 Å². The minimum Gasteiger partial charge on any atom is -0.492 e. The highest BCUT2D eigenvalue weighted by molar-refractivity contribution is 6.06. The summed E-state index contributed by atoms with van der Waals surface area (Å²) in [6, 6.07) is 16.8. The predicted molar refractivity (Wildman–Crippen MR) is 120 cm³/mol. The van der Waals surface area contributed by atoms with Gasteiger partial charge in [-0.3, -0.25) is 9.80 Å². The van der Waals surface area contributed by atoms with Gasteiger partial charge >= 0.3 is 0 Å². The second-order valence-electron chi connectivity index (χ2n) is 8.45. The van der Waals surface area contributed by atoms with Crippen molar-refractivity contribution in [1.82, 2.24) is 9.80 Å². The molecule has 2 unspecified atom stereocenters. The average molecular weight is 404 g/mol. The molecule has 5 rings (SSSR count). The van der Waals surface area contributed by atoms with E-state index < -0.39 is 0 Å². The van der Waals surface area contributed by atoms with Crippen LogP contribution in [0.3, 0.4) is 0 Å². The Morgan fingerprint density at radius 1 is 1.03 bits per heavy atom. The Bertz CT molecular complexity index is 933. The topological polar surface area (TPSA) is 37.3 Å². The maximum absolute atomic E-state index is 6.01. The van der Waals surface area contributed by atoms with Gasteiger partial charge in [0.15, 0.2) is 6.10 Å². The van der Waals surface area contributed by atoms with Crippen molar-refractivity contribution in [1.29, 1.82) is 0 Å². The summed E-state index contributed by atoms with van der Waals surface area (Å²) in [5, 5.41) is 4.46. The molecule has 0 bridgehead atoms. The number of ether oxygens (including phenoxy) is 1. The summed E-state index contributed by atoms with van der Waals surface area (Å²) < 4.78 is 6.01. The van der Waals surface area contributed by atoms with Gasteiger partial charge in [0.25, 0.3) is 0 Å². The summed E-state index contributed by atoms with van der Waals surface area (Å²) >= 11 is 0. The van der Waals surface area contributed by atoms with E-state index in [-0.39, 0.29) is 12.0 Å². The quantitative estimate of drug-likeness (QED) is 0.767. The summed E-state index contributed by atoms with van der Waals surface area (Å²) in [6.07, 6.45) is 4.56. The lowest BCUT2D eigenvalue weighted by molar-refractivity contribution is 0.0103. The van der Waals surface area contributed by atoms with Gasteiger partial charge in [-0.1, -0.05) is 59.3 Å². The van der Waals surface area contributed by atoms with Gasteiger partial charge < -0.3 is 9.57 Å². The van der Waals surface area contributed by atoms with E-state index in [1.54, 1.807) is 0 Å². The van der Waals surface area contributed by atoms with Crippen molar-refractivity contribution in [2.75, 3.05) is 45.9 Å². The number of piperazine rings is 1. The molecular weight excluding hydrogens is 374 g/mol. The van der Waals surface area contributed by atoms with Crippen LogP contribution in [0.15, 0.2) is 59.8 Å². The molecule has 30 heavy (non-hydrogen) atoms. The molecule has 0 spiro atoms. The molecular formula is C25H29N3O2. The summed E-state index contributed by atoms with van der Waals surface area (Å²) in [7, 11) is 0. The monoisotopic (exact) mass is 403 g/mol. The maximum atomic E-state index is 6.01. The summed E-state index contributed by atoms with van der Waals surface area (Å²) in [6.45, 7) is 8.98. The number of rotatable bonds is 5. The highest BCUT2D eigenvalue weighted by Gasteiger charge is 2.40. The number of hydrogen-bond donors (Lipinski definition) is 0. The fourth-order valence-corrected chi connectivity index (χ4v) is 4.50. The molecule has 5 nitrogen and oxygen atoms in total. The Labute approximate surface area is 178 Å². The van der Waals surface area contributed by atoms with E-state index in [0.29, 0.717) is 6.61 Å². The third-order valence-corrected chi connectivity index (χ3v) is 6.29. The third kappa shape index (κ3) is 4.13. The van der Waals surface area contributed by atoms with E-state index in [9.17, 15) is 0 Å². The lowest BCUT2D eigenvalue weighted by atomic mass is 9.89. The van der Waals surface area contributed by atoms with Crippen molar-refractivity contribution in [3.63, 3.8) is 0 Å². The van der Waals surface area contributed by atoms with Crippen LogP contribution in [0.5, 0.6) is 5.75 Å². The second kappa shape index (κ2) is 8.62. The van der Waals surface area contributed by atoms with Gasteiger partial charge in [0, 0.05) is 44.8 Å². The van der Waals surface area contributed by atoms with Gasteiger partial charge in [-0.25, -0.2) is 0 Å². The Morgan fingerprint density at radius 2 is 1.83 bits per heavy atom. The van der Waals surface area contributed by atoms with Crippen LogP contribution in [0.1, 0.15) is 16.7 Å². The second-order valence-corrected chi connectivity index (χ2v) is 8.45. The zero-order chi connectivity index (χ0) is 20.3. The molecule has 3 aliphatic rings. The maximum Gasteiger partial charge on any atom is 0.151 e. The third-order valence-electron chi connectivity index (χ3n) is 6.29. The normalized spacial score (nSPS) is 24.1. The number of oxime groups is 1. The molecule has 3 aliphatic heterocycles. The Balaban J connectivity index is 1.12. The van der Waals surface area contributed by atoms with Gasteiger partial charge in [0.2, 0.25) is 0 Å². The number of benzene rings is 2. The van der Waals surface area contributed by atoms with Crippen molar-refractivity contribution in [2.45, 2.75) is 13.0 Å². The first kappa shape index (κ1) is 19.3. The molecule has 0 amide bonds. The van der Waals surface area contributed by atoms with Crippen LogP contribution in [0.4, 0.5) is 0 Å². The van der Waals surface area contributed by atoms with Gasteiger partial charge in [-0.05, 0) is 24.6 Å². The zero-order valence-electron chi connectivity index (χ0n) is 17.5. The van der Waals surface area contributed by atoms with Crippen LogP contribution < -0.4 is 4.74 Å². The number of hydrogen-bond acceptors (Lipinski definition) is 5. The first-order valence-electron chi connectivity index (χ1n) is 10.9. The highest BCUT2D eigenvalue weighted by atomic mass is 16.6. The van der Waals surface area contributed by atoms with Crippen molar-refractivity contribution in [2.24, 2.45) is 11.1 Å². The van der Waals surface area contributed by atoms with Crippen LogP contribution in [-0.2, 0) is 4.84 Å². The van der Waals surface area contributed by atoms with Crippen LogP contribution in [0, 0.1) is 12.8 Å². The molecule has 2 aromatic rings. The molecule has 3 heterocycles. The fourth-order valence-electron chi connectivity index (χ4n) is 4.50. The zero-order valence-corrected chi connectivity index (χ0v) is 17.5. The molecule has 156 valence electrons. The lowest BCUT2D eigenvalue weighted by Gasteiger charge is -2.36. The van der Waals surface area contributed by atoms with Crippen LogP contribution >= 0.6 is 0 Å². The fraction of sp³-hybridized carbons (Fsp3) is 0.400. The highest BCUT2D eigenvalue weighted by Crippen LogP contribution is 2.34. The molecule has 1 saturated heterocycles. The molecule has 0 aromatic heterocycles.